The number of amides is 2. The predicted octanol–water partition coefficient (Wildman–Crippen LogP) is 3.57. The lowest BCUT2D eigenvalue weighted by molar-refractivity contribution is -0.126. The zero-order valence-electron chi connectivity index (χ0n) is 18.4. The van der Waals surface area contributed by atoms with Gasteiger partial charge in [0.2, 0.25) is 12.1 Å². The van der Waals surface area contributed by atoms with Gasteiger partial charge in [0.1, 0.15) is 0 Å². The van der Waals surface area contributed by atoms with Crippen LogP contribution in [0.2, 0.25) is 0 Å². The second kappa shape index (κ2) is 15.8. The van der Waals surface area contributed by atoms with Crippen molar-refractivity contribution in [1.29, 1.82) is 0 Å². The molecule has 0 heterocycles. The van der Waals surface area contributed by atoms with Gasteiger partial charge in [-0.2, -0.15) is 0 Å². The van der Waals surface area contributed by atoms with Crippen LogP contribution in [0.15, 0.2) is 18.2 Å². The third-order valence-electron chi connectivity index (χ3n) is 3.96. The molecule has 31 heavy (non-hydrogen) atoms. The number of alkyl halides is 1. The predicted molar refractivity (Wildman–Crippen MR) is 118 cm³/mol. The number of nitrogens with two attached hydrogens (primary N) is 1. The Bertz CT molecular complexity index is 729. The molecule has 0 radical (unpaired) electrons. The largest absolute Gasteiger partial charge is 0.524 e. The highest BCUT2D eigenvalue weighted by Crippen LogP contribution is 2.42. The number of benzene rings is 1. The van der Waals surface area contributed by atoms with Crippen molar-refractivity contribution < 1.29 is 32.9 Å². The molecule has 1 unspecified atom stereocenters. The summed E-state index contributed by atoms with van der Waals surface area (Å²) in [5, 5.41) is 4.93. The number of nitrogens with one attached hydrogen (secondary N) is 2. The van der Waals surface area contributed by atoms with Gasteiger partial charge < -0.3 is 20.9 Å². The van der Waals surface area contributed by atoms with Crippen molar-refractivity contribution in [3.8, 4) is 5.75 Å². The molecule has 0 saturated carbocycles. The standard InChI is InChI=1S/C18H29FN3O6P.C2H6/c1-2-3-11-21-18(24)17(19)13-8-9-15(28-29(25,26)27)14(12-13)22-16(23)7-5-4-6-10-20;1-2/h8-9,12,17H,2-7,10-11,20H2,1H3,(H,21,24)(H,22,23)(H2,25,26,27);1-2H3. The van der Waals surface area contributed by atoms with Crippen LogP contribution in [-0.4, -0.2) is 34.7 Å². The minimum Gasteiger partial charge on any atom is -0.402 e. The Morgan fingerprint density at radius 1 is 1.19 bits per heavy atom. The van der Waals surface area contributed by atoms with Crippen LogP contribution in [0, 0.1) is 0 Å². The number of phosphoric acid groups is 1. The molecular weight excluding hydrogens is 428 g/mol. The quantitative estimate of drug-likeness (QED) is 0.222. The molecule has 1 atom stereocenters. The lowest BCUT2D eigenvalue weighted by Crippen LogP contribution is -2.28. The first-order chi connectivity index (χ1) is 14.7. The van der Waals surface area contributed by atoms with Crippen LogP contribution >= 0.6 is 7.82 Å². The molecule has 0 fully saturated rings. The van der Waals surface area contributed by atoms with E-state index in [-0.39, 0.29) is 23.4 Å². The van der Waals surface area contributed by atoms with Gasteiger partial charge in [0.15, 0.2) is 5.75 Å². The minimum absolute atomic E-state index is 0.0736. The van der Waals surface area contributed by atoms with Gasteiger partial charge in [-0.15, -0.1) is 0 Å². The van der Waals surface area contributed by atoms with Crippen LogP contribution in [0.5, 0.6) is 5.75 Å². The first kappa shape index (κ1) is 29.0. The Balaban J connectivity index is 0.00000436. The molecule has 178 valence electrons. The summed E-state index contributed by atoms with van der Waals surface area (Å²) < 4.78 is 30.2. The van der Waals surface area contributed by atoms with Crippen LogP contribution < -0.4 is 20.9 Å². The van der Waals surface area contributed by atoms with E-state index in [1.165, 1.54) is 6.07 Å². The molecule has 0 bridgehead atoms. The highest BCUT2D eigenvalue weighted by atomic mass is 31.2. The van der Waals surface area contributed by atoms with Gasteiger partial charge in [0, 0.05) is 13.0 Å². The molecule has 11 heteroatoms. The van der Waals surface area contributed by atoms with E-state index in [4.69, 9.17) is 15.5 Å². The van der Waals surface area contributed by atoms with Crippen molar-refractivity contribution in [1.82, 2.24) is 5.32 Å². The second-order valence-corrected chi connectivity index (χ2v) is 7.66. The topological polar surface area (TPSA) is 151 Å². The average molecular weight is 463 g/mol. The summed E-state index contributed by atoms with van der Waals surface area (Å²) >= 11 is 0. The fourth-order valence-electron chi connectivity index (χ4n) is 2.46. The molecule has 0 aliphatic heterocycles. The second-order valence-electron chi connectivity index (χ2n) is 6.49. The third kappa shape index (κ3) is 12.4. The number of carbonyl (C=O) groups is 2. The van der Waals surface area contributed by atoms with Gasteiger partial charge in [-0.1, -0.05) is 39.7 Å². The maximum Gasteiger partial charge on any atom is 0.524 e. The Morgan fingerprint density at radius 3 is 2.45 bits per heavy atom. The van der Waals surface area contributed by atoms with Crippen molar-refractivity contribution in [3.63, 3.8) is 0 Å². The van der Waals surface area contributed by atoms with E-state index in [1.807, 2.05) is 20.8 Å². The Morgan fingerprint density at radius 2 is 1.87 bits per heavy atom. The van der Waals surface area contributed by atoms with Crippen LogP contribution in [0.1, 0.15) is 71.0 Å². The third-order valence-corrected chi connectivity index (χ3v) is 4.39. The van der Waals surface area contributed by atoms with Gasteiger partial charge >= 0.3 is 7.82 Å². The Kier molecular flexibility index (Phi) is 14.7. The van der Waals surface area contributed by atoms with Crippen LogP contribution in [0.4, 0.5) is 10.1 Å². The number of unbranched alkanes of at least 4 members (excludes halogenated alkanes) is 3. The number of phosphoric ester groups is 1. The number of hydrogen-bond donors (Lipinski definition) is 5. The molecule has 9 nitrogen and oxygen atoms in total. The lowest BCUT2D eigenvalue weighted by Gasteiger charge is -2.16. The first-order valence-corrected chi connectivity index (χ1v) is 12.0. The number of carbonyl (C=O) groups excluding carboxylic acids is 2. The van der Waals surface area contributed by atoms with Crippen molar-refractivity contribution in [2.75, 3.05) is 18.4 Å². The number of hydrogen-bond acceptors (Lipinski definition) is 5. The molecule has 1 aromatic rings. The summed E-state index contributed by atoms with van der Waals surface area (Å²) in [4.78, 5) is 42.1. The fraction of sp³-hybridized carbons (Fsp3) is 0.600. The monoisotopic (exact) mass is 463 g/mol. The molecule has 1 aromatic carbocycles. The van der Waals surface area contributed by atoms with Crippen LogP contribution in [0.25, 0.3) is 0 Å². The van der Waals surface area contributed by atoms with Crippen LogP contribution in [0.3, 0.4) is 0 Å². The SMILES string of the molecule is CC.CCCCNC(=O)C(F)c1ccc(OP(=O)(O)O)c(NC(=O)CCCCCN)c1. The van der Waals surface area contributed by atoms with Gasteiger partial charge in [-0.05, 0) is 43.5 Å². The number of anilines is 1. The van der Waals surface area contributed by atoms with E-state index < -0.39 is 25.8 Å². The summed E-state index contributed by atoms with van der Waals surface area (Å²) in [7, 11) is -4.90. The molecule has 0 aliphatic rings. The summed E-state index contributed by atoms with van der Waals surface area (Å²) in [6.45, 7) is 6.79. The fourth-order valence-corrected chi connectivity index (χ4v) is 2.87. The summed E-state index contributed by atoms with van der Waals surface area (Å²) in [5.41, 5.74) is 5.20. The normalized spacial score (nSPS) is 11.7. The van der Waals surface area contributed by atoms with Crippen LogP contribution in [-0.2, 0) is 14.2 Å². The Labute approximate surface area is 183 Å². The average Bonchev–Trinajstić information content (AvgIpc) is 2.72. The molecule has 0 aliphatic carbocycles. The molecular formula is C20H35FN3O6P. The van der Waals surface area contributed by atoms with Crippen molar-refractivity contribution in [2.45, 2.75) is 65.5 Å². The van der Waals surface area contributed by atoms with Crippen molar-refractivity contribution in [2.24, 2.45) is 5.73 Å². The molecule has 0 aromatic heterocycles. The van der Waals surface area contributed by atoms with E-state index in [0.29, 0.717) is 25.9 Å². The van der Waals surface area contributed by atoms with Crippen molar-refractivity contribution >= 4 is 25.3 Å². The van der Waals surface area contributed by atoms with Gasteiger partial charge in [-0.25, -0.2) is 8.96 Å². The van der Waals surface area contributed by atoms with E-state index >= 15 is 0 Å². The summed E-state index contributed by atoms with van der Waals surface area (Å²) in [6, 6.07) is 3.41. The van der Waals surface area contributed by atoms with Gasteiger partial charge in [0.05, 0.1) is 5.69 Å². The highest BCUT2D eigenvalue weighted by Gasteiger charge is 2.24. The van der Waals surface area contributed by atoms with E-state index in [1.54, 1.807) is 0 Å². The maximum atomic E-state index is 14.5. The zero-order valence-corrected chi connectivity index (χ0v) is 19.3. The van der Waals surface area contributed by atoms with Crippen molar-refractivity contribution in [3.05, 3.63) is 23.8 Å². The smallest absolute Gasteiger partial charge is 0.402 e. The highest BCUT2D eigenvalue weighted by molar-refractivity contribution is 7.46. The first-order valence-electron chi connectivity index (χ1n) is 10.5. The van der Waals surface area contributed by atoms with E-state index in [2.05, 4.69) is 15.2 Å². The van der Waals surface area contributed by atoms with Gasteiger partial charge in [0.25, 0.3) is 5.91 Å². The minimum atomic E-state index is -4.90. The lowest BCUT2D eigenvalue weighted by atomic mass is 10.1. The number of halogens is 1. The maximum absolute atomic E-state index is 14.5. The van der Waals surface area contributed by atoms with Gasteiger partial charge in [-0.3, -0.25) is 19.4 Å². The Hall–Kier alpha value is -2.00. The molecule has 0 saturated heterocycles. The zero-order chi connectivity index (χ0) is 23.9. The van der Waals surface area contributed by atoms with E-state index in [9.17, 15) is 18.5 Å². The summed E-state index contributed by atoms with van der Waals surface area (Å²) in [6.07, 6.45) is 1.79. The molecule has 1 rings (SSSR count). The van der Waals surface area contributed by atoms with E-state index in [0.717, 1.165) is 31.4 Å². The summed E-state index contributed by atoms with van der Waals surface area (Å²) in [5.74, 6) is -1.59. The molecule has 0 spiro atoms. The molecule has 2 amide bonds. The molecule has 6 N–H and O–H groups in total. The number of rotatable bonds is 13.